The molecular formula is C15H24N2O4. The summed E-state index contributed by atoms with van der Waals surface area (Å²) in [4.78, 5) is 16.7. The van der Waals surface area contributed by atoms with E-state index in [1.165, 1.54) is 0 Å². The SMILES string of the molecule is CC(C)(C)OC(=O)C(C)(C)c1noc(C2CCOCC2)n1. The van der Waals surface area contributed by atoms with Gasteiger partial charge < -0.3 is 14.0 Å². The van der Waals surface area contributed by atoms with Gasteiger partial charge in [0, 0.05) is 19.1 Å². The van der Waals surface area contributed by atoms with Gasteiger partial charge in [0.15, 0.2) is 5.82 Å². The molecule has 1 aromatic heterocycles. The van der Waals surface area contributed by atoms with Crippen LogP contribution >= 0.6 is 0 Å². The van der Waals surface area contributed by atoms with E-state index in [2.05, 4.69) is 10.1 Å². The lowest BCUT2D eigenvalue weighted by atomic mass is 9.92. The number of ether oxygens (including phenoxy) is 2. The molecule has 0 aliphatic carbocycles. The number of carbonyl (C=O) groups is 1. The second-order valence-electron chi connectivity index (χ2n) is 6.97. The molecule has 0 N–H and O–H groups in total. The van der Waals surface area contributed by atoms with Crippen LogP contribution in [-0.4, -0.2) is 34.9 Å². The van der Waals surface area contributed by atoms with Gasteiger partial charge in [-0.05, 0) is 47.5 Å². The molecule has 1 aliphatic rings. The largest absolute Gasteiger partial charge is 0.459 e. The van der Waals surface area contributed by atoms with Gasteiger partial charge in [-0.15, -0.1) is 0 Å². The average molecular weight is 296 g/mol. The zero-order valence-electron chi connectivity index (χ0n) is 13.4. The third-order valence-corrected chi connectivity index (χ3v) is 3.48. The Morgan fingerprint density at radius 1 is 1.19 bits per heavy atom. The van der Waals surface area contributed by atoms with Gasteiger partial charge in [-0.25, -0.2) is 0 Å². The van der Waals surface area contributed by atoms with Gasteiger partial charge in [-0.1, -0.05) is 5.16 Å². The molecule has 1 aromatic rings. The third kappa shape index (κ3) is 3.81. The number of carbonyl (C=O) groups excluding carboxylic acids is 1. The molecule has 0 spiro atoms. The van der Waals surface area contributed by atoms with Crippen LogP contribution in [0.1, 0.15) is 65.1 Å². The summed E-state index contributed by atoms with van der Waals surface area (Å²) in [7, 11) is 0. The van der Waals surface area contributed by atoms with Crippen LogP contribution in [-0.2, 0) is 19.7 Å². The highest BCUT2D eigenvalue weighted by Gasteiger charge is 2.39. The van der Waals surface area contributed by atoms with Gasteiger partial charge in [0.05, 0.1) is 0 Å². The highest BCUT2D eigenvalue weighted by Crippen LogP contribution is 2.29. The molecule has 6 nitrogen and oxygen atoms in total. The van der Waals surface area contributed by atoms with Crippen LogP contribution in [0.4, 0.5) is 0 Å². The van der Waals surface area contributed by atoms with Crippen molar-refractivity contribution in [2.75, 3.05) is 13.2 Å². The lowest BCUT2D eigenvalue weighted by Gasteiger charge is -2.26. The number of hydrogen-bond donors (Lipinski definition) is 0. The van der Waals surface area contributed by atoms with E-state index in [-0.39, 0.29) is 11.9 Å². The van der Waals surface area contributed by atoms with Crippen molar-refractivity contribution in [3.05, 3.63) is 11.7 Å². The van der Waals surface area contributed by atoms with E-state index in [4.69, 9.17) is 14.0 Å². The summed E-state index contributed by atoms with van der Waals surface area (Å²) in [6, 6.07) is 0. The molecule has 1 saturated heterocycles. The Bertz CT molecular complexity index is 496. The normalized spacial score (nSPS) is 17.8. The van der Waals surface area contributed by atoms with Crippen LogP contribution in [0, 0.1) is 0 Å². The molecule has 0 aromatic carbocycles. The maximum atomic E-state index is 12.3. The predicted molar refractivity (Wildman–Crippen MR) is 76.0 cm³/mol. The number of nitrogens with zero attached hydrogens (tertiary/aromatic N) is 2. The van der Waals surface area contributed by atoms with Crippen LogP contribution in [0.3, 0.4) is 0 Å². The van der Waals surface area contributed by atoms with Gasteiger partial charge in [0.2, 0.25) is 5.89 Å². The first-order chi connectivity index (χ1) is 9.70. The number of aromatic nitrogens is 2. The maximum Gasteiger partial charge on any atom is 0.319 e. The Morgan fingerprint density at radius 3 is 2.38 bits per heavy atom. The smallest absolute Gasteiger partial charge is 0.319 e. The lowest BCUT2D eigenvalue weighted by molar-refractivity contribution is -0.161. The molecule has 0 radical (unpaired) electrons. The molecule has 0 saturated carbocycles. The fourth-order valence-electron chi connectivity index (χ4n) is 2.10. The molecule has 21 heavy (non-hydrogen) atoms. The van der Waals surface area contributed by atoms with Gasteiger partial charge in [-0.2, -0.15) is 4.98 Å². The zero-order chi connectivity index (χ0) is 15.7. The minimum atomic E-state index is -0.930. The first-order valence-corrected chi connectivity index (χ1v) is 7.35. The van der Waals surface area contributed by atoms with E-state index in [9.17, 15) is 4.79 Å². The summed E-state index contributed by atoms with van der Waals surface area (Å²) < 4.78 is 16.1. The van der Waals surface area contributed by atoms with Crippen LogP contribution in [0.2, 0.25) is 0 Å². The molecule has 0 atom stereocenters. The first-order valence-electron chi connectivity index (χ1n) is 7.35. The highest BCUT2D eigenvalue weighted by atomic mass is 16.6. The van der Waals surface area contributed by atoms with E-state index in [1.807, 2.05) is 20.8 Å². The van der Waals surface area contributed by atoms with Crippen molar-refractivity contribution in [3.63, 3.8) is 0 Å². The van der Waals surface area contributed by atoms with Gasteiger partial charge in [0.1, 0.15) is 11.0 Å². The van der Waals surface area contributed by atoms with Crippen LogP contribution in [0.15, 0.2) is 4.52 Å². The van der Waals surface area contributed by atoms with Gasteiger partial charge in [0.25, 0.3) is 0 Å². The molecule has 6 heteroatoms. The van der Waals surface area contributed by atoms with Gasteiger partial charge in [-0.3, -0.25) is 4.79 Å². The van der Waals surface area contributed by atoms with Crippen molar-refractivity contribution < 1.29 is 18.8 Å². The van der Waals surface area contributed by atoms with E-state index in [0.29, 0.717) is 24.9 Å². The van der Waals surface area contributed by atoms with Gasteiger partial charge >= 0.3 is 5.97 Å². The van der Waals surface area contributed by atoms with Crippen molar-refractivity contribution in [1.82, 2.24) is 10.1 Å². The Hall–Kier alpha value is -1.43. The Balaban J connectivity index is 2.13. The maximum absolute atomic E-state index is 12.3. The lowest BCUT2D eigenvalue weighted by Crippen LogP contribution is -2.37. The minimum Gasteiger partial charge on any atom is -0.459 e. The summed E-state index contributed by atoms with van der Waals surface area (Å²) in [5.74, 6) is 0.826. The monoisotopic (exact) mass is 296 g/mol. The van der Waals surface area contributed by atoms with E-state index in [1.54, 1.807) is 13.8 Å². The summed E-state index contributed by atoms with van der Waals surface area (Å²) in [5, 5.41) is 3.99. The first kappa shape index (κ1) is 15.9. The molecule has 1 aliphatic heterocycles. The molecule has 0 unspecified atom stereocenters. The van der Waals surface area contributed by atoms with Crippen LogP contribution in [0.25, 0.3) is 0 Å². The number of esters is 1. The molecule has 0 amide bonds. The van der Waals surface area contributed by atoms with E-state index < -0.39 is 11.0 Å². The number of rotatable bonds is 3. The fraction of sp³-hybridized carbons (Fsp3) is 0.800. The van der Waals surface area contributed by atoms with Crippen LogP contribution in [0.5, 0.6) is 0 Å². The molecule has 2 rings (SSSR count). The minimum absolute atomic E-state index is 0.217. The Kier molecular flexibility index (Phi) is 4.37. The van der Waals surface area contributed by atoms with E-state index >= 15 is 0 Å². The fourth-order valence-corrected chi connectivity index (χ4v) is 2.10. The predicted octanol–water partition coefficient (Wildman–Crippen LogP) is 2.58. The van der Waals surface area contributed by atoms with E-state index in [0.717, 1.165) is 12.8 Å². The summed E-state index contributed by atoms with van der Waals surface area (Å²) in [6.45, 7) is 10.4. The molecule has 2 heterocycles. The topological polar surface area (TPSA) is 74.5 Å². The molecular weight excluding hydrogens is 272 g/mol. The highest BCUT2D eigenvalue weighted by molar-refractivity contribution is 5.81. The van der Waals surface area contributed by atoms with Crippen LogP contribution < -0.4 is 0 Å². The van der Waals surface area contributed by atoms with Crippen molar-refractivity contribution >= 4 is 5.97 Å². The molecule has 0 bridgehead atoms. The molecule has 118 valence electrons. The summed E-state index contributed by atoms with van der Waals surface area (Å²) >= 11 is 0. The third-order valence-electron chi connectivity index (χ3n) is 3.48. The Labute approximate surface area is 125 Å². The standard InChI is InChI=1S/C15H24N2O4/c1-14(2,3)20-13(18)15(4,5)12-16-11(21-17-12)10-6-8-19-9-7-10/h10H,6-9H2,1-5H3. The number of hydrogen-bond acceptors (Lipinski definition) is 6. The second-order valence-corrected chi connectivity index (χ2v) is 6.97. The zero-order valence-corrected chi connectivity index (χ0v) is 13.4. The molecule has 1 fully saturated rings. The van der Waals surface area contributed by atoms with Crippen molar-refractivity contribution in [1.29, 1.82) is 0 Å². The van der Waals surface area contributed by atoms with Crippen molar-refractivity contribution in [2.45, 2.75) is 64.4 Å². The quantitative estimate of drug-likeness (QED) is 0.798. The average Bonchev–Trinajstić information content (AvgIpc) is 2.88. The van der Waals surface area contributed by atoms with Crippen molar-refractivity contribution in [2.24, 2.45) is 0 Å². The Morgan fingerprint density at radius 2 is 1.81 bits per heavy atom. The summed E-state index contributed by atoms with van der Waals surface area (Å²) in [5.41, 5.74) is -1.47. The summed E-state index contributed by atoms with van der Waals surface area (Å²) in [6.07, 6.45) is 1.74. The second kappa shape index (κ2) is 5.75. The van der Waals surface area contributed by atoms with Crippen molar-refractivity contribution in [3.8, 4) is 0 Å².